The molecule has 0 radical (unpaired) electrons. The second kappa shape index (κ2) is 7.33. The Morgan fingerprint density at radius 2 is 1.81 bits per heavy atom. The number of hydrogen-bond acceptors (Lipinski definition) is 3. The van der Waals surface area contributed by atoms with E-state index in [-0.39, 0.29) is 0 Å². The van der Waals surface area contributed by atoms with Gasteiger partial charge in [-0.3, -0.25) is 0 Å². The van der Waals surface area contributed by atoms with E-state index in [1.54, 1.807) is 13.2 Å². The van der Waals surface area contributed by atoms with E-state index in [1.165, 1.54) is 0 Å². The fraction of sp³-hybridized carbons (Fsp3) is 0.235. The first kappa shape index (κ1) is 14.9. The van der Waals surface area contributed by atoms with Gasteiger partial charge in [-0.15, -0.1) is 0 Å². The van der Waals surface area contributed by atoms with E-state index in [2.05, 4.69) is 5.32 Å². The molecule has 0 amide bonds. The Hall–Kier alpha value is -2.49. The summed E-state index contributed by atoms with van der Waals surface area (Å²) in [5.41, 5.74) is 1.83. The summed E-state index contributed by atoms with van der Waals surface area (Å²) in [6, 6.07) is 16.5. The van der Waals surface area contributed by atoms with Crippen molar-refractivity contribution in [3.8, 4) is 5.75 Å². The van der Waals surface area contributed by atoms with E-state index >= 15 is 0 Å². The van der Waals surface area contributed by atoms with Gasteiger partial charge in [-0.1, -0.05) is 42.5 Å². The molecule has 0 aliphatic rings. The zero-order chi connectivity index (χ0) is 15.1. The molecule has 0 saturated carbocycles. The van der Waals surface area contributed by atoms with Crippen LogP contribution in [0.5, 0.6) is 5.75 Å². The summed E-state index contributed by atoms with van der Waals surface area (Å²) >= 11 is 0. The molecular weight excluding hydrogens is 266 g/mol. The summed E-state index contributed by atoms with van der Waals surface area (Å²) in [6.07, 6.45) is 1.22. The Bertz CT molecular complexity index is 584. The number of rotatable bonds is 7. The molecule has 0 aliphatic heterocycles. The van der Waals surface area contributed by atoms with Crippen molar-refractivity contribution in [1.29, 1.82) is 0 Å². The lowest BCUT2D eigenvalue weighted by Gasteiger charge is -2.17. The highest BCUT2D eigenvalue weighted by molar-refractivity contribution is 5.78. The molecule has 2 N–H and O–H groups in total. The number of carboxylic acid groups (broad SMARTS) is 1. The van der Waals surface area contributed by atoms with Gasteiger partial charge in [-0.25, -0.2) is 4.79 Å². The Labute approximate surface area is 124 Å². The van der Waals surface area contributed by atoms with E-state index in [0.29, 0.717) is 24.3 Å². The summed E-state index contributed by atoms with van der Waals surface area (Å²) in [5.74, 6) is -0.222. The average Bonchev–Trinajstić information content (AvgIpc) is 2.52. The molecule has 2 aromatic rings. The molecule has 0 saturated heterocycles. The van der Waals surface area contributed by atoms with Gasteiger partial charge in [0, 0.05) is 0 Å². The maximum atomic E-state index is 11.4. The smallest absolute Gasteiger partial charge is 0.326 e. The van der Waals surface area contributed by atoms with Crippen LogP contribution in [0.2, 0.25) is 0 Å². The molecule has 0 fully saturated rings. The maximum Gasteiger partial charge on any atom is 0.326 e. The van der Waals surface area contributed by atoms with Crippen LogP contribution in [0, 0.1) is 0 Å². The van der Waals surface area contributed by atoms with Gasteiger partial charge in [-0.05, 0) is 30.5 Å². The molecule has 4 heteroatoms. The minimum atomic E-state index is -0.864. The van der Waals surface area contributed by atoms with Crippen molar-refractivity contribution in [3.05, 3.63) is 60.2 Å². The van der Waals surface area contributed by atoms with E-state index in [9.17, 15) is 9.90 Å². The van der Waals surface area contributed by atoms with E-state index in [0.717, 1.165) is 5.56 Å². The van der Waals surface area contributed by atoms with Crippen LogP contribution < -0.4 is 10.1 Å². The number of aliphatic carboxylic acids is 1. The van der Waals surface area contributed by atoms with Gasteiger partial charge in [0.1, 0.15) is 11.8 Å². The number of hydrogen-bond donors (Lipinski definition) is 2. The molecule has 1 atom stereocenters. The first-order valence-corrected chi connectivity index (χ1v) is 6.87. The highest BCUT2D eigenvalue weighted by atomic mass is 16.5. The highest BCUT2D eigenvalue weighted by Crippen LogP contribution is 2.24. The van der Waals surface area contributed by atoms with E-state index < -0.39 is 12.0 Å². The van der Waals surface area contributed by atoms with Gasteiger partial charge in [0.15, 0.2) is 0 Å². The Balaban J connectivity index is 2.04. The predicted molar refractivity (Wildman–Crippen MR) is 82.8 cm³/mol. The summed E-state index contributed by atoms with van der Waals surface area (Å²) in [5, 5.41) is 12.4. The van der Waals surface area contributed by atoms with Crippen LogP contribution in [0.4, 0.5) is 5.69 Å². The van der Waals surface area contributed by atoms with Crippen molar-refractivity contribution in [1.82, 2.24) is 0 Å². The fourth-order valence-electron chi connectivity index (χ4n) is 2.16. The normalized spacial score (nSPS) is 11.7. The van der Waals surface area contributed by atoms with Gasteiger partial charge < -0.3 is 15.2 Å². The Morgan fingerprint density at radius 1 is 1.14 bits per heavy atom. The lowest BCUT2D eigenvalue weighted by molar-refractivity contribution is -0.138. The number of methoxy groups -OCH3 is 1. The quantitative estimate of drug-likeness (QED) is 0.820. The summed E-state index contributed by atoms with van der Waals surface area (Å²) in [6.45, 7) is 0. The summed E-state index contributed by atoms with van der Waals surface area (Å²) in [4.78, 5) is 11.4. The monoisotopic (exact) mass is 285 g/mol. The van der Waals surface area contributed by atoms with Crippen LogP contribution in [0.15, 0.2) is 54.6 Å². The highest BCUT2D eigenvalue weighted by Gasteiger charge is 2.18. The number of aryl methyl sites for hydroxylation is 1. The van der Waals surface area contributed by atoms with Crippen LogP contribution in [-0.2, 0) is 11.2 Å². The first-order valence-electron chi connectivity index (χ1n) is 6.87. The number of ether oxygens (including phenoxy) is 1. The molecule has 0 aromatic heterocycles. The topological polar surface area (TPSA) is 58.6 Å². The van der Waals surface area contributed by atoms with Gasteiger partial charge in [-0.2, -0.15) is 0 Å². The third kappa shape index (κ3) is 4.24. The number of benzene rings is 2. The molecule has 1 unspecified atom stereocenters. The molecular formula is C17H19NO3. The Morgan fingerprint density at radius 3 is 2.48 bits per heavy atom. The molecule has 2 rings (SSSR count). The second-order valence-corrected chi connectivity index (χ2v) is 4.76. The third-order valence-corrected chi connectivity index (χ3v) is 3.30. The van der Waals surface area contributed by atoms with E-state index in [4.69, 9.17) is 4.74 Å². The number of carboxylic acids is 1. The Kier molecular flexibility index (Phi) is 5.21. The minimum Gasteiger partial charge on any atom is -0.495 e. The molecule has 0 spiro atoms. The molecule has 0 bridgehead atoms. The van der Waals surface area contributed by atoms with Gasteiger partial charge in [0.05, 0.1) is 12.8 Å². The number of anilines is 1. The SMILES string of the molecule is COc1ccccc1NC(CCc1ccccc1)C(=O)O. The average molecular weight is 285 g/mol. The zero-order valence-electron chi connectivity index (χ0n) is 12.0. The summed E-state index contributed by atoms with van der Waals surface area (Å²) < 4.78 is 5.23. The van der Waals surface area contributed by atoms with Crippen LogP contribution in [0.1, 0.15) is 12.0 Å². The van der Waals surface area contributed by atoms with Crippen molar-refractivity contribution in [2.24, 2.45) is 0 Å². The largest absolute Gasteiger partial charge is 0.495 e. The molecule has 21 heavy (non-hydrogen) atoms. The van der Waals surface area contributed by atoms with Crippen molar-refractivity contribution < 1.29 is 14.6 Å². The van der Waals surface area contributed by atoms with Gasteiger partial charge in [0.25, 0.3) is 0 Å². The van der Waals surface area contributed by atoms with Crippen LogP contribution >= 0.6 is 0 Å². The lowest BCUT2D eigenvalue weighted by atomic mass is 10.0. The molecule has 2 aromatic carbocycles. The summed E-state index contributed by atoms with van der Waals surface area (Å²) in [7, 11) is 1.57. The molecule has 4 nitrogen and oxygen atoms in total. The first-order chi connectivity index (χ1) is 10.2. The standard InChI is InChI=1S/C17H19NO3/c1-21-16-10-6-5-9-14(16)18-15(17(19)20)12-11-13-7-3-2-4-8-13/h2-10,15,18H,11-12H2,1H3,(H,19,20). The van der Waals surface area contributed by atoms with Crippen molar-refractivity contribution >= 4 is 11.7 Å². The number of carbonyl (C=O) groups is 1. The predicted octanol–water partition coefficient (Wildman–Crippen LogP) is 3.19. The molecule has 0 heterocycles. The number of nitrogens with one attached hydrogen (secondary N) is 1. The van der Waals surface area contributed by atoms with Crippen molar-refractivity contribution in [2.45, 2.75) is 18.9 Å². The van der Waals surface area contributed by atoms with Gasteiger partial charge >= 0.3 is 5.97 Å². The van der Waals surface area contributed by atoms with Crippen molar-refractivity contribution in [3.63, 3.8) is 0 Å². The zero-order valence-corrected chi connectivity index (χ0v) is 12.0. The van der Waals surface area contributed by atoms with E-state index in [1.807, 2.05) is 48.5 Å². The maximum absolute atomic E-state index is 11.4. The molecule has 110 valence electrons. The molecule has 0 aliphatic carbocycles. The van der Waals surface area contributed by atoms with Crippen LogP contribution in [-0.4, -0.2) is 24.2 Å². The minimum absolute atomic E-state index is 0.511. The van der Waals surface area contributed by atoms with Crippen LogP contribution in [0.25, 0.3) is 0 Å². The second-order valence-electron chi connectivity index (χ2n) is 4.76. The van der Waals surface area contributed by atoms with Gasteiger partial charge in [0.2, 0.25) is 0 Å². The number of para-hydroxylation sites is 2. The fourth-order valence-corrected chi connectivity index (χ4v) is 2.16. The lowest BCUT2D eigenvalue weighted by Crippen LogP contribution is -2.30. The van der Waals surface area contributed by atoms with Crippen molar-refractivity contribution in [2.75, 3.05) is 12.4 Å². The third-order valence-electron chi connectivity index (χ3n) is 3.30. The van der Waals surface area contributed by atoms with Crippen LogP contribution in [0.3, 0.4) is 0 Å².